The molecule has 4 aromatic rings. The van der Waals surface area contributed by atoms with Crippen LogP contribution in [0.15, 0.2) is 66.9 Å². The Labute approximate surface area is 234 Å². The first-order valence-electron chi connectivity index (χ1n) is 13.9. The SMILES string of the molecule is Cc1ccc(-c2cccc3c(NC(=O)N4CCc5cc(Cl)c(N6CCN7CCCC7C6)cc54)cccc23)cn1. The van der Waals surface area contributed by atoms with Crippen molar-refractivity contribution >= 4 is 45.5 Å². The van der Waals surface area contributed by atoms with Crippen molar-refractivity contribution in [2.45, 2.75) is 32.2 Å². The highest BCUT2D eigenvalue weighted by atomic mass is 35.5. The van der Waals surface area contributed by atoms with Gasteiger partial charge in [-0.25, -0.2) is 4.79 Å². The van der Waals surface area contributed by atoms with Crippen molar-refractivity contribution < 1.29 is 4.79 Å². The molecule has 3 aliphatic rings. The molecule has 7 rings (SSSR count). The van der Waals surface area contributed by atoms with E-state index in [4.69, 9.17) is 11.6 Å². The quantitative estimate of drug-likeness (QED) is 0.314. The van der Waals surface area contributed by atoms with Gasteiger partial charge in [0.2, 0.25) is 0 Å². The summed E-state index contributed by atoms with van der Waals surface area (Å²) in [5.41, 5.74) is 7.10. The molecule has 0 spiro atoms. The van der Waals surface area contributed by atoms with Crippen LogP contribution in [0.25, 0.3) is 21.9 Å². The molecule has 0 aliphatic carbocycles. The fourth-order valence-corrected chi connectivity index (χ4v) is 6.85. The van der Waals surface area contributed by atoms with E-state index in [1.807, 2.05) is 42.3 Å². The van der Waals surface area contributed by atoms with Crippen LogP contribution in [-0.4, -0.2) is 54.7 Å². The van der Waals surface area contributed by atoms with Crippen molar-refractivity contribution in [3.8, 4) is 11.1 Å². The molecule has 0 saturated carbocycles. The number of piperazine rings is 1. The zero-order valence-electron chi connectivity index (χ0n) is 22.2. The molecule has 0 bridgehead atoms. The van der Waals surface area contributed by atoms with Crippen molar-refractivity contribution in [1.82, 2.24) is 9.88 Å². The fourth-order valence-electron chi connectivity index (χ4n) is 6.54. The molecule has 1 aromatic heterocycles. The van der Waals surface area contributed by atoms with E-state index in [2.05, 4.69) is 56.5 Å². The number of carbonyl (C=O) groups excluding carboxylic acids is 1. The summed E-state index contributed by atoms with van der Waals surface area (Å²) in [4.78, 5) is 25.0. The topological polar surface area (TPSA) is 51.7 Å². The maximum Gasteiger partial charge on any atom is 0.326 e. The van der Waals surface area contributed by atoms with Crippen molar-refractivity contribution in [2.24, 2.45) is 0 Å². The Hall–Kier alpha value is -3.61. The van der Waals surface area contributed by atoms with Crippen LogP contribution in [0, 0.1) is 6.92 Å². The number of hydrogen-bond acceptors (Lipinski definition) is 4. The zero-order valence-corrected chi connectivity index (χ0v) is 22.9. The number of hydrogen-bond donors (Lipinski definition) is 1. The molecule has 1 atom stereocenters. The van der Waals surface area contributed by atoms with Crippen LogP contribution in [-0.2, 0) is 6.42 Å². The van der Waals surface area contributed by atoms with Gasteiger partial charge in [0.25, 0.3) is 0 Å². The standard InChI is InChI=1S/C32H32ClN5O/c1-21-10-11-23(19-34-21)25-6-2-8-27-26(25)7-3-9-29(27)35-32(39)38-14-12-22-17-28(33)31(18-30(22)38)37-16-15-36-13-4-5-24(36)20-37/h2-3,6-11,17-19,24H,4-5,12-16,20H2,1H3,(H,35,39). The van der Waals surface area contributed by atoms with Gasteiger partial charge in [-0.2, -0.15) is 0 Å². The molecule has 6 nitrogen and oxygen atoms in total. The number of aryl methyl sites for hydroxylation is 1. The van der Waals surface area contributed by atoms with E-state index in [1.54, 1.807) is 0 Å². The molecular weight excluding hydrogens is 506 g/mol. The Bertz CT molecular complexity index is 1570. The van der Waals surface area contributed by atoms with Gasteiger partial charge in [0.1, 0.15) is 0 Å². The lowest BCUT2D eigenvalue weighted by atomic mass is 9.98. The van der Waals surface area contributed by atoms with Crippen molar-refractivity contribution in [3.05, 3.63) is 83.1 Å². The number of nitrogens with one attached hydrogen (secondary N) is 1. The summed E-state index contributed by atoms with van der Waals surface area (Å²) in [6, 6.07) is 21.1. The van der Waals surface area contributed by atoms with E-state index in [0.717, 1.165) is 81.3 Å². The molecule has 2 amide bonds. The molecule has 0 radical (unpaired) electrons. The maximum absolute atomic E-state index is 13.7. The summed E-state index contributed by atoms with van der Waals surface area (Å²) >= 11 is 6.80. The van der Waals surface area contributed by atoms with Crippen LogP contribution in [0.4, 0.5) is 21.9 Å². The number of pyridine rings is 1. The van der Waals surface area contributed by atoms with Gasteiger partial charge in [0, 0.05) is 55.1 Å². The highest BCUT2D eigenvalue weighted by Crippen LogP contribution is 2.40. The molecule has 3 aliphatic heterocycles. The third kappa shape index (κ3) is 4.42. The monoisotopic (exact) mass is 537 g/mol. The van der Waals surface area contributed by atoms with Gasteiger partial charge in [-0.1, -0.05) is 48.0 Å². The minimum absolute atomic E-state index is 0.113. The minimum atomic E-state index is -0.113. The number of halogens is 1. The van der Waals surface area contributed by atoms with Gasteiger partial charge in [-0.3, -0.25) is 14.8 Å². The van der Waals surface area contributed by atoms with E-state index in [9.17, 15) is 4.79 Å². The van der Waals surface area contributed by atoms with Gasteiger partial charge in [-0.05, 0) is 73.5 Å². The number of urea groups is 1. The number of carbonyl (C=O) groups is 1. The molecule has 3 aromatic carbocycles. The Morgan fingerprint density at radius 1 is 0.974 bits per heavy atom. The Kier molecular flexibility index (Phi) is 6.17. The molecule has 7 heteroatoms. The van der Waals surface area contributed by atoms with Gasteiger partial charge in [0.15, 0.2) is 0 Å². The van der Waals surface area contributed by atoms with E-state index < -0.39 is 0 Å². The second-order valence-corrected chi connectivity index (χ2v) is 11.3. The highest BCUT2D eigenvalue weighted by molar-refractivity contribution is 6.33. The second-order valence-electron chi connectivity index (χ2n) is 10.9. The van der Waals surface area contributed by atoms with Gasteiger partial charge >= 0.3 is 6.03 Å². The average molecular weight is 538 g/mol. The molecule has 1 unspecified atom stereocenters. The smallest absolute Gasteiger partial charge is 0.326 e. The molecule has 4 heterocycles. The Morgan fingerprint density at radius 2 is 1.85 bits per heavy atom. The lowest BCUT2D eigenvalue weighted by Crippen LogP contribution is -2.50. The molecule has 2 saturated heterocycles. The summed E-state index contributed by atoms with van der Waals surface area (Å²) in [6.07, 6.45) is 5.24. The number of amides is 2. The van der Waals surface area contributed by atoms with Crippen molar-refractivity contribution in [2.75, 3.05) is 47.8 Å². The van der Waals surface area contributed by atoms with Crippen LogP contribution in [0.2, 0.25) is 5.02 Å². The van der Waals surface area contributed by atoms with Crippen LogP contribution in [0.5, 0.6) is 0 Å². The summed E-state index contributed by atoms with van der Waals surface area (Å²) in [5, 5.41) is 6.10. The lowest BCUT2D eigenvalue weighted by Gasteiger charge is -2.39. The zero-order chi connectivity index (χ0) is 26.5. The van der Waals surface area contributed by atoms with Gasteiger partial charge in [0.05, 0.1) is 22.1 Å². The van der Waals surface area contributed by atoms with E-state index in [1.165, 1.54) is 19.4 Å². The summed E-state index contributed by atoms with van der Waals surface area (Å²) in [5.74, 6) is 0. The Morgan fingerprint density at radius 3 is 2.72 bits per heavy atom. The highest BCUT2D eigenvalue weighted by Gasteiger charge is 2.33. The largest absolute Gasteiger partial charge is 0.367 e. The van der Waals surface area contributed by atoms with Crippen LogP contribution >= 0.6 is 11.6 Å². The summed E-state index contributed by atoms with van der Waals surface area (Å²) < 4.78 is 0. The number of rotatable bonds is 3. The third-order valence-electron chi connectivity index (χ3n) is 8.60. The van der Waals surface area contributed by atoms with Crippen LogP contribution < -0.4 is 15.1 Å². The summed E-state index contributed by atoms with van der Waals surface area (Å²) in [7, 11) is 0. The van der Waals surface area contributed by atoms with E-state index in [0.29, 0.717) is 12.6 Å². The fraction of sp³-hybridized carbons (Fsp3) is 0.312. The van der Waals surface area contributed by atoms with E-state index >= 15 is 0 Å². The van der Waals surface area contributed by atoms with Crippen molar-refractivity contribution in [1.29, 1.82) is 0 Å². The number of anilines is 3. The average Bonchev–Trinajstić information content (AvgIpc) is 3.59. The first-order chi connectivity index (χ1) is 19.0. The minimum Gasteiger partial charge on any atom is -0.367 e. The molecule has 2 fully saturated rings. The molecule has 1 N–H and O–H groups in total. The van der Waals surface area contributed by atoms with Gasteiger partial charge in [-0.15, -0.1) is 0 Å². The normalized spacial score (nSPS) is 18.9. The first kappa shape index (κ1) is 24.4. The van der Waals surface area contributed by atoms with Crippen LogP contribution in [0.1, 0.15) is 24.1 Å². The lowest BCUT2D eigenvalue weighted by molar-refractivity contribution is 0.231. The predicted octanol–water partition coefficient (Wildman–Crippen LogP) is 6.74. The molecule has 198 valence electrons. The molecule has 39 heavy (non-hydrogen) atoms. The number of fused-ring (bicyclic) bond motifs is 3. The third-order valence-corrected chi connectivity index (χ3v) is 8.91. The summed E-state index contributed by atoms with van der Waals surface area (Å²) in [6.45, 7) is 6.88. The second kappa shape index (κ2) is 9.85. The first-order valence-corrected chi connectivity index (χ1v) is 14.3. The number of nitrogens with zero attached hydrogens (tertiary/aromatic N) is 4. The van der Waals surface area contributed by atoms with E-state index in [-0.39, 0.29) is 6.03 Å². The van der Waals surface area contributed by atoms with Crippen molar-refractivity contribution in [3.63, 3.8) is 0 Å². The predicted molar refractivity (Wildman–Crippen MR) is 160 cm³/mol. The number of aromatic nitrogens is 1. The van der Waals surface area contributed by atoms with Gasteiger partial charge < -0.3 is 10.2 Å². The maximum atomic E-state index is 13.7. The Balaban J connectivity index is 1.17. The van der Waals surface area contributed by atoms with Crippen LogP contribution in [0.3, 0.4) is 0 Å². The number of benzene rings is 3. The molecular formula is C32H32ClN5O.